The van der Waals surface area contributed by atoms with Crippen LogP contribution in [0.3, 0.4) is 0 Å². The smallest absolute Gasteiger partial charge is 0.144 e. The SMILES string of the molecule is Cc1ccc(N(c2ccc3c(c2)C(C)(C)c2cc(-c4ccccc4)c4oc5ccccc5c4c2-3)c2ccc3c(c2)C(C)(C)c2c4c(c5oc6ccccc6c5c2-3)-c2ccccc2C4(C)C)c(C(C)(C)C)c1. The topological polar surface area (TPSA) is 29.5 Å². The molecule has 71 heavy (non-hydrogen) atoms. The van der Waals surface area contributed by atoms with Crippen molar-refractivity contribution in [3.8, 4) is 44.5 Å². The number of aryl methyl sites for hydroxylation is 1. The molecule has 0 radical (unpaired) electrons. The maximum absolute atomic E-state index is 7.02. The molecule has 3 aliphatic rings. The van der Waals surface area contributed by atoms with Gasteiger partial charge in [-0.05, 0) is 133 Å². The zero-order valence-corrected chi connectivity index (χ0v) is 42.4. The monoisotopic (exact) mass is 919 g/mol. The fourth-order valence-corrected chi connectivity index (χ4v) is 13.6. The number of para-hydroxylation sites is 2. The van der Waals surface area contributed by atoms with E-state index in [-0.39, 0.29) is 21.7 Å². The van der Waals surface area contributed by atoms with E-state index < -0.39 is 0 Å². The normalized spacial score (nSPS) is 15.5. The molecule has 9 aromatic carbocycles. The van der Waals surface area contributed by atoms with Gasteiger partial charge in [-0.3, -0.25) is 0 Å². The fraction of sp³-hybridized carbons (Fsp3) is 0.206. The van der Waals surface area contributed by atoms with Gasteiger partial charge in [-0.1, -0.05) is 183 Å². The summed E-state index contributed by atoms with van der Waals surface area (Å²) in [6.07, 6.45) is 0. The van der Waals surface area contributed by atoms with Crippen molar-refractivity contribution in [2.45, 2.75) is 90.9 Å². The van der Waals surface area contributed by atoms with Crippen molar-refractivity contribution >= 4 is 60.9 Å². The van der Waals surface area contributed by atoms with Crippen LogP contribution in [0.1, 0.15) is 107 Å². The number of hydrogen-bond acceptors (Lipinski definition) is 3. The second-order valence-corrected chi connectivity index (χ2v) is 23.3. The van der Waals surface area contributed by atoms with Gasteiger partial charge in [-0.25, -0.2) is 0 Å². The average molecular weight is 920 g/mol. The lowest BCUT2D eigenvalue weighted by Gasteiger charge is -2.34. The number of fused-ring (bicyclic) bond motifs is 19. The molecular weight excluding hydrogens is 863 g/mol. The van der Waals surface area contributed by atoms with E-state index in [2.05, 4.69) is 238 Å². The Labute approximate surface area is 416 Å². The summed E-state index contributed by atoms with van der Waals surface area (Å²) in [5.41, 5.74) is 27.0. The Morgan fingerprint density at radius 2 is 0.958 bits per heavy atom. The standard InChI is InChI=1S/C68H57NO2/c1-38-28-33-53(51(34-38)65(2,3)4)69(40-29-31-43-49(35-40)66(5,6)52-37-47(39-20-12-11-13-21-39)63-58(56(43)52)45-23-15-18-26-54(45)70-63)41-30-32-44-50(36-41)68(9,10)61-57(44)59-46-24-16-19-27-55(46)71-64(59)60-42-22-14-17-25-48(42)67(7,8)62(60)61/h11-37H,1-10H3. The summed E-state index contributed by atoms with van der Waals surface area (Å²) in [5.74, 6) is 0. The van der Waals surface area contributed by atoms with Crippen molar-refractivity contribution < 1.29 is 8.83 Å². The first-order chi connectivity index (χ1) is 34.0. The van der Waals surface area contributed by atoms with Gasteiger partial charge in [0.1, 0.15) is 22.3 Å². The average Bonchev–Trinajstić information content (AvgIpc) is 4.11. The van der Waals surface area contributed by atoms with Gasteiger partial charge in [-0.15, -0.1) is 0 Å². The predicted molar refractivity (Wildman–Crippen MR) is 297 cm³/mol. The van der Waals surface area contributed by atoms with Crippen molar-refractivity contribution in [1.82, 2.24) is 0 Å². The van der Waals surface area contributed by atoms with Crippen LogP contribution in [0.2, 0.25) is 0 Å². The molecule has 11 aromatic rings. The molecule has 0 N–H and O–H groups in total. The van der Waals surface area contributed by atoms with Crippen LogP contribution in [0.4, 0.5) is 17.1 Å². The van der Waals surface area contributed by atoms with Gasteiger partial charge in [0.2, 0.25) is 0 Å². The maximum atomic E-state index is 7.02. The first-order valence-corrected chi connectivity index (χ1v) is 25.4. The number of nitrogens with zero attached hydrogens (tertiary/aromatic N) is 1. The van der Waals surface area contributed by atoms with E-state index >= 15 is 0 Å². The first kappa shape index (κ1) is 42.3. The van der Waals surface area contributed by atoms with Gasteiger partial charge in [-0.2, -0.15) is 0 Å². The van der Waals surface area contributed by atoms with E-state index in [1.807, 2.05) is 0 Å². The van der Waals surface area contributed by atoms with Crippen LogP contribution in [-0.2, 0) is 21.7 Å². The van der Waals surface area contributed by atoms with Crippen molar-refractivity contribution in [3.63, 3.8) is 0 Å². The second-order valence-electron chi connectivity index (χ2n) is 23.3. The van der Waals surface area contributed by atoms with E-state index in [9.17, 15) is 0 Å². The summed E-state index contributed by atoms with van der Waals surface area (Å²) in [6, 6.07) is 61.0. The van der Waals surface area contributed by atoms with Gasteiger partial charge in [0, 0.05) is 66.0 Å². The number of anilines is 3. The molecule has 3 nitrogen and oxygen atoms in total. The molecule has 0 atom stereocenters. The predicted octanol–water partition coefficient (Wildman–Crippen LogP) is 19.1. The summed E-state index contributed by atoms with van der Waals surface area (Å²) in [6.45, 7) is 23.8. The number of furan rings is 2. The van der Waals surface area contributed by atoms with Crippen LogP contribution < -0.4 is 4.90 Å². The van der Waals surface area contributed by atoms with Crippen LogP contribution >= 0.6 is 0 Å². The quantitative estimate of drug-likeness (QED) is 0.176. The van der Waals surface area contributed by atoms with Crippen LogP contribution in [-0.4, -0.2) is 0 Å². The van der Waals surface area contributed by atoms with Gasteiger partial charge >= 0.3 is 0 Å². The largest absolute Gasteiger partial charge is 0.455 e. The summed E-state index contributed by atoms with van der Waals surface area (Å²) < 4.78 is 13.9. The fourth-order valence-electron chi connectivity index (χ4n) is 13.6. The molecule has 0 saturated carbocycles. The Balaban J connectivity index is 1.02. The first-order valence-electron chi connectivity index (χ1n) is 25.4. The Kier molecular flexibility index (Phi) is 8.36. The third-order valence-electron chi connectivity index (χ3n) is 17.0. The molecule has 0 amide bonds. The molecule has 14 rings (SSSR count). The van der Waals surface area contributed by atoms with E-state index in [4.69, 9.17) is 8.83 Å². The molecule has 0 bridgehead atoms. The molecule has 2 aromatic heterocycles. The van der Waals surface area contributed by atoms with E-state index in [1.165, 1.54) is 99.7 Å². The van der Waals surface area contributed by atoms with Crippen LogP contribution in [0.5, 0.6) is 0 Å². The minimum atomic E-state index is -0.334. The molecule has 346 valence electrons. The van der Waals surface area contributed by atoms with Gasteiger partial charge in [0.05, 0.1) is 0 Å². The molecule has 0 fully saturated rings. The molecular formula is C68H57NO2. The third kappa shape index (κ3) is 5.55. The van der Waals surface area contributed by atoms with Crippen LogP contribution in [0.15, 0.2) is 173 Å². The highest BCUT2D eigenvalue weighted by Crippen LogP contribution is 2.64. The van der Waals surface area contributed by atoms with E-state index in [1.54, 1.807) is 0 Å². The van der Waals surface area contributed by atoms with Crippen molar-refractivity contribution in [2.24, 2.45) is 0 Å². The summed E-state index contributed by atoms with van der Waals surface area (Å²) in [4.78, 5) is 2.56. The van der Waals surface area contributed by atoms with E-state index in [0.29, 0.717) is 0 Å². The van der Waals surface area contributed by atoms with Crippen molar-refractivity contribution in [1.29, 1.82) is 0 Å². The van der Waals surface area contributed by atoms with Gasteiger partial charge in [0.15, 0.2) is 0 Å². The molecule has 3 heteroatoms. The van der Waals surface area contributed by atoms with Gasteiger partial charge in [0.25, 0.3) is 0 Å². The second kappa shape index (κ2) is 14.0. The lowest BCUT2D eigenvalue weighted by Crippen LogP contribution is -2.24. The lowest BCUT2D eigenvalue weighted by atomic mass is 9.72. The Morgan fingerprint density at radius 3 is 1.63 bits per heavy atom. The summed E-state index contributed by atoms with van der Waals surface area (Å²) >= 11 is 0. The molecule has 2 heterocycles. The third-order valence-corrected chi connectivity index (χ3v) is 17.0. The van der Waals surface area contributed by atoms with E-state index in [0.717, 1.165) is 50.2 Å². The minimum absolute atomic E-state index is 0.130. The highest BCUT2D eigenvalue weighted by atomic mass is 16.3. The van der Waals surface area contributed by atoms with Crippen molar-refractivity contribution in [3.05, 3.63) is 208 Å². The highest BCUT2D eigenvalue weighted by Gasteiger charge is 2.49. The lowest BCUT2D eigenvalue weighted by molar-refractivity contribution is 0.590. The highest BCUT2D eigenvalue weighted by molar-refractivity contribution is 6.21. The molecule has 0 saturated heterocycles. The number of benzene rings is 9. The maximum Gasteiger partial charge on any atom is 0.144 e. The molecule has 0 aliphatic heterocycles. The summed E-state index contributed by atoms with van der Waals surface area (Å²) in [5, 5.41) is 4.74. The number of hydrogen-bond donors (Lipinski definition) is 0. The molecule has 3 aliphatic carbocycles. The van der Waals surface area contributed by atoms with Crippen molar-refractivity contribution in [2.75, 3.05) is 4.90 Å². The molecule has 0 unspecified atom stereocenters. The zero-order valence-electron chi connectivity index (χ0n) is 42.4. The van der Waals surface area contributed by atoms with Gasteiger partial charge < -0.3 is 13.7 Å². The number of rotatable bonds is 4. The van der Waals surface area contributed by atoms with Crippen LogP contribution in [0, 0.1) is 6.92 Å². The Hall–Kier alpha value is -7.62. The zero-order chi connectivity index (χ0) is 48.7. The summed E-state index contributed by atoms with van der Waals surface area (Å²) in [7, 11) is 0. The minimum Gasteiger partial charge on any atom is -0.455 e. The molecule has 0 spiro atoms. The van der Waals surface area contributed by atoms with Crippen LogP contribution in [0.25, 0.3) is 88.4 Å². The Bertz CT molecular complexity index is 4130. The Morgan fingerprint density at radius 1 is 0.423 bits per heavy atom.